The van der Waals surface area contributed by atoms with E-state index in [-0.39, 0.29) is 41.6 Å². The Labute approximate surface area is 236 Å². The van der Waals surface area contributed by atoms with Crippen LogP contribution in [-0.2, 0) is 14.3 Å². The molecule has 40 heavy (non-hydrogen) atoms. The van der Waals surface area contributed by atoms with Gasteiger partial charge in [0.1, 0.15) is 18.1 Å². The highest BCUT2D eigenvalue weighted by molar-refractivity contribution is 7.99. The number of nitro groups is 1. The molecule has 0 saturated carbocycles. The summed E-state index contributed by atoms with van der Waals surface area (Å²) in [6, 6.07) is 9.99. The fourth-order valence-corrected chi connectivity index (χ4v) is 5.83. The van der Waals surface area contributed by atoms with Gasteiger partial charge in [0.2, 0.25) is 0 Å². The number of nitrogens with zero attached hydrogens (tertiary/aromatic N) is 1. The molecule has 0 bridgehead atoms. The topological polar surface area (TPSA) is 140 Å². The third kappa shape index (κ3) is 5.65. The first-order valence-corrected chi connectivity index (χ1v) is 14.0. The molecule has 2 unspecified atom stereocenters. The summed E-state index contributed by atoms with van der Waals surface area (Å²) in [5.41, 5.74) is 1.99. The number of methoxy groups -OCH3 is 2. The van der Waals surface area contributed by atoms with Gasteiger partial charge in [0, 0.05) is 52.8 Å². The lowest BCUT2D eigenvalue weighted by Gasteiger charge is -2.37. The third-order valence-corrected chi connectivity index (χ3v) is 7.96. The van der Waals surface area contributed by atoms with Gasteiger partial charge in [-0.1, -0.05) is 25.1 Å². The van der Waals surface area contributed by atoms with Gasteiger partial charge in [-0.2, -0.15) is 11.8 Å². The number of hydrogen-bond donors (Lipinski definition) is 1. The molecule has 11 heteroatoms. The lowest BCUT2D eigenvalue weighted by Crippen LogP contribution is -2.36. The Hall–Kier alpha value is -3.99. The fourth-order valence-electron chi connectivity index (χ4n) is 5.34. The maximum Gasteiger partial charge on any atom is 0.336 e. The van der Waals surface area contributed by atoms with Gasteiger partial charge in [0.05, 0.1) is 24.7 Å². The zero-order chi connectivity index (χ0) is 29.0. The Morgan fingerprint density at radius 1 is 1.15 bits per heavy atom. The second kappa shape index (κ2) is 12.5. The number of carbonyl (C=O) groups excluding carboxylic acids is 2. The van der Waals surface area contributed by atoms with E-state index in [1.807, 2.05) is 31.2 Å². The summed E-state index contributed by atoms with van der Waals surface area (Å²) in [5.74, 6) is -1.01. The molecule has 2 aromatic rings. The highest BCUT2D eigenvalue weighted by Crippen LogP contribution is 2.49. The minimum atomic E-state index is -0.984. The van der Waals surface area contributed by atoms with Crippen molar-refractivity contribution in [1.82, 2.24) is 5.32 Å². The predicted octanol–water partition coefficient (Wildman–Crippen LogP) is 4.34. The largest absolute Gasteiger partial charge is 0.865 e. The van der Waals surface area contributed by atoms with Crippen molar-refractivity contribution in [2.75, 3.05) is 32.3 Å². The van der Waals surface area contributed by atoms with Gasteiger partial charge in [0.15, 0.2) is 5.78 Å². The first kappa shape index (κ1) is 29.0. The van der Waals surface area contributed by atoms with E-state index < -0.39 is 28.2 Å². The maximum atomic E-state index is 13.9. The molecule has 2 aromatic carbocycles. The zero-order valence-corrected chi connectivity index (χ0v) is 23.6. The Morgan fingerprint density at radius 3 is 2.55 bits per heavy atom. The van der Waals surface area contributed by atoms with Crippen LogP contribution in [0, 0.1) is 10.1 Å². The number of benzene rings is 2. The molecule has 1 N–H and O–H groups in total. The molecule has 212 valence electrons. The number of carbonyl (C=O) groups is 2. The Balaban J connectivity index is 1.84. The predicted molar refractivity (Wildman–Crippen MR) is 149 cm³/mol. The van der Waals surface area contributed by atoms with Crippen molar-refractivity contribution >= 4 is 29.2 Å². The number of thioether (sulfide) groups is 1. The van der Waals surface area contributed by atoms with Crippen LogP contribution in [0.1, 0.15) is 49.7 Å². The van der Waals surface area contributed by atoms with Crippen LogP contribution < -0.4 is 19.9 Å². The van der Waals surface area contributed by atoms with Crippen LogP contribution in [0.25, 0.3) is 0 Å². The van der Waals surface area contributed by atoms with E-state index in [1.165, 1.54) is 13.2 Å². The maximum absolute atomic E-state index is 13.9. The molecule has 0 amide bonds. The molecule has 0 fully saturated rings. The second-order valence-corrected chi connectivity index (χ2v) is 10.8. The average molecular weight is 568 g/mol. The molecule has 10 nitrogen and oxygen atoms in total. The quantitative estimate of drug-likeness (QED) is 0.191. The van der Waals surface area contributed by atoms with Gasteiger partial charge in [-0.05, 0) is 42.4 Å². The van der Waals surface area contributed by atoms with Gasteiger partial charge < -0.3 is 24.6 Å². The smallest absolute Gasteiger partial charge is 0.336 e. The van der Waals surface area contributed by atoms with Crippen LogP contribution in [-0.4, -0.2) is 49.0 Å². The van der Waals surface area contributed by atoms with Crippen LogP contribution in [0.15, 0.2) is 58.9 Å². The number of hydrogen-bond acceptors (Lipinski definition) is 10. The molecular weight excluding hydrogens is 536 g/mol. The number of nitrogens with one attached hydrogen (secondary N) is 1. The highest BCUT2D eigenvalue weighted by Gasteiger charge is 2.42. The standard InChI is InChI=1S/C29H32N2O8S/c1-5-40-11-10-39-29(34)25-16(2)30-20-12-17(19-8-6-7-9-23(19)37-3)14-22(32)27(20)26(25)18-13-21(31(35)36)28(33)24(15-18)38-4/h6-9,13,15,17,26,30,33H,5,10-12,14H2,1-4H3/p-1. The van der Waals surface area contributed by atoms with Crippen molar-refractivity contribution in [2.24, 2.45) is 0 Å². The SMILES string of the molecule is CCSCCOC(=O)C1=C(C)NC2=C(C(=O)CC(c3ccccc3OC)C2)C1c1cc(OC)c([O-])c([N+](=O)[O-])c1. The number of para-hydroxylation sites is 1. The van der Waals surface area contributed by atoms with Gasteiger partial charge in [-0.15, -0.1) is 0 Å². The van der Waals surface area contributed by atoms with E-state index in [4.69, 9.17) is 14.2 Å². The third-order valence-electron chi connectivity index (χ3n) is 7.10. The summed E-state index contributed by atoms with van der Waals surface area (Å²) in [7, 11) is 2.81. The van der Waals surface area contributed by atoms with Crippen LogP contribution in [0.2, 0.25) is 0 Å². The molecule has 2 aliphatic rings. The number of ketones is 1. The molecule has 0 radical (unpaired) electrons. The summed E-state index contributed by atoms with van der Waals surface area (Å²) in [4.78, 5) is 38.3. The minimum Gasteiger partial charge on any atom is -0.865 e. The summed E-state index contributed by atoms with van der Waals surface area (Å²) in [6.07, 6.45) is 0.592. The molecule has 1 aliphatic carbocycles. The van der Waals surface area contributed by atoms with Gasteiger partial charge in [0.25, 0.3) is 5.69 Å². The minimum absolute atomic E-state index is 0.144. The van der Waals surface area contributed by atoms with Crippen molar-refractivity contribution in [3.63, 3.8) is 0 Å². The van der Waals surface area contributed by atoms with Crippen LogP contribution >= 0.6 is 11.8 Å². The van der Waals surface area contributed by atoms with Gasteiger partial charge in [-0.25, -0.2) is 4.79 Å². The molecule has 1 heterocycles. The molecule has 0 aromatic heterocycles. The Bertz CT molecular complexity index is 1400. The summed E-state index contributed by atoms with van der Waals surface area (Å²) in [5, 5.41) is 27.6. The average Bonchev–Trinajstić information content (AvgIpc) is 2.94. The Morgan fingerprint density at radius 2 is 1.88 bits per heavy atom. The van der Waals surface area contributed by atoms with Crippen LogP contribution in [0.3, 0.4) is 0 Å². The number of esters is 1. The number of Topliss-reactive ketones (excluding diaryl/α,β-unsaturated/α-hetero) is 1. The second-order valence-electron chi connectivity index (χ2n) is 9.42. The van der Waals surface area contributed by atoms with E-state index in [2.05, 4.69) is 5.32 Å². The van der Waals surface area contributed by atoms with Crippen molar-refractivity contribution in [3.8, 4) is 17.2 Å². The molecular formula is C29H31N2O8S-. The van der Waals surface area contributed by atoms with E-state index in [1.54, 1.807) is 25.8 Å². The van der Waals surface area contributed by atoms with E-state index in [0.717, 1.165) is 17.4 Å². The summed E-state index contributed by atoms with van der Waals surface area (Å²) >= 11 is 1.62. The number of allylic oxidation sites excluding steroid dienone is 3. The number of rotatable bonds is 10. The van der Waals surface area contributed by atoms with Crippen molar-refractivity contribution in [3.05, 3.63) is 80.2 Å². The van der Waals surface area contributed by atoms with E-state index in [9.17, 15) is 24.8 Å². The lowest BCUT2D eigenvalue weighted by atomic mass is 9.71. The number of nitro benzene ring substituents is 1. The Kier molecular flexibility index (Phi) is 9.03. The molecule has 1 aliphatic heterocycles. The summed E-state index contributed by atoms with van der Waals surface area (Å²) in [6.45, 7) is 3.87. The van der Waals surface area contributed by atoms with Crippen LogP contribution in [0.5, 0.6) is 17.2 Å². The van der Waals surface area contributed by atoms with E-state index in [0.29, 0.717) is 34.9 Å². The first-order chi connectivity index (χ1) is 19.2. The molecule has 4 rings (SSSR count). The lowest BCUT2D eigenvalue weighted by molar-refractivity contribution is -0.398. The number of dihydropyridines is 1. The van der Waals surface area contributed by atoms with Gasteiger partial charge >= 0.3 is 5.97 Å². The monoisotopic (exact) mass is 567 g/mol. The van der Waals surface area contributed by atoms with Gasteiger partial charge in [-0.3, -0.25) is 14.9 Å². The number of ether oxygens (including phenoxy) is 3. The normalized spacial score (nSPS) is 18.6. The van der Waals surface area contributed by atoms with Crippen molar-refractivity contribution in [1.29, 1.82) is 0 Å². The molecule has 2 atom stereocenters. The van der Waals surface area contributed by atoms with E-state index >= 15 is 0 Å². The van der Waals surface area contributed by atoms with Crippen molar-refractivity contribution in [2.45, 2.75) is 38.5 Å². The molecule has 0 saturated heterocycles. The highest BCUT2D eigenvalue weighted by atomic mass is 32.2. The van der Waals surface area contributed by atoms with Crippen molar-refractivity contribution < 1.29 is 33.8 Å². The molecule has 0 spiro atoms. The fraction of sp³-hybridized carbons (Fsp3) is 0.379. The first-order valence-electron chi connectivity index (χ1n) is 12.9. The van der Waals surface area contributed by atoms with Crippen LogP contribution in [0.4, 0.5) is 5.69 Å². The summed E-state index contributed by atoms with van der Waals surface area (Å²) < 4.78 is 16.3. The zero-order valence-electron chi connectivity index (χ0n) is 22.8.